The van der Waals surface area contributed by atoms with Crippen molar-refractivity contribution in [2.75, 3.05) is 20.8 Å². The van der Waals surface area contributed by atoms with Gasteiger partial charge in [0, 0.05) is 17.6 Å². The second kappa shape index (κ2) is 9.94. The van der Waals surface area contributed by atoms with E-state index in [0.29, 0.717) is 21.9 Å². The molecule has 0 saturated heterocycles. The zero-order chi connectivity index (χ0) is 22.4. The molecular formula is C21H20ClFN4O4. The van der Waals surface area contributed by atoms with Crippen molar-refractivity contribution in [2.45, 2.75) is 6.92 Å². The molecule has 0 unspecified atom stereocenters. The molecule has 10 heteroatoms. The maximum atomic E-state index is 14.7. The monoisotopic (exact) mass is 446 g/mol. The molecule has 0 radical (unpaired) electrons. The minimum Gasteiger partial charge on any atom is -0.435 e. The van der Waals surface area contributed by atoms with Gasteiger partial charge in [0.05, 0.1) is 11.8 Å². The van der Waals surface area contributed by atoms with E-state index in [1.165, 1.54) is 14.2 Å². The number of likely N-dealkylation sites (N-methyl/N-ethyl adjacent to an activating group) is 1. The molecule has 1 N–H and O–H groups in total. The molecule has 1 aliphatic rings. The smallest absolute Gasteiger partial charge is 0.273 e. The topological polar surface area (TPSA) is 84.8 Å². The molecule has 0 atom stereocenters. The Kier molecular flexibility index (Phi) is 7.09. The number of nitrogens with one attached hydrogen (secondary N) is 1. The van der Waals surface area contributed by atoms with Crippen LogP contribution in [0, 0.1) is 6.92 Å². The number of carbonyl (C=O) groups is 1. The van der Waals surface area contributed by atoms with Crippen LogP contribution in [0.25, 0.3) is 0 Å². The third-order valence-electron chi connectivity index (χ3n) is 4.25. The van der Waals surface area contributed by atoms with Crippen LogP contribution in [0.5, 0.6) is 11.5 Å². The van der Waals surface area contributed by atoms with Gasteiger partial charge in [-0.3, -0.25) is 9.79 Å². The van der Waals surface area contributed by atoms with Gasteiger partial charge in [0.15, 0.2) is 11.5 Å². The van der Waals surface area contributed by atoms with Crippen LogP contribution in [0.2, 0.25) is 5.02 Å². The average molecular weight is 447 g/mol. The maximum absolute atomic E-state index is 14.7. The van der Waals surface area contributed by atoms with Gasteiger partial charge in [-0.05, 0) is 31.2 Å². The Morgan fingerprint density at radius 1 is 1.23 bits per heavy atom. The molecule has 2 aromatic rings. The van der Waals surface area contributed by atoms with E-state index in [0.717, 1.165) is 11.3 Å². The van der Waals surface area contributed by atoms with Crippen molar-refractivity contribution in [3.63, 3.8) is 0 Å². The maximum Gasteiger partial charge on any atom is 0.273 e. The number of para-hydroxylation sites is 1. The Balaban J connectivity index is 1.96. The Hall–Kier alpha value is -3.59. The summed E-state index contributed by atoms with van der Waals surface area (Å²) in [5.41, 5.74) is 0.933. The van der Waals surface area contributed by atoms with Gasteiger partial charge in [0.1, 0.15) is 19.5 Å². The SMILES string of the molecule is CNC(=O)C(=NOC)c1ccccc1OC1=C(F)C=NCN1Oc1cccc(Cl)c1C. The third-order valence-corrected chi connectivity index (χ3v) is 4.66. The third kappa shape index (κ3) is 4.95. The minimum absolute atomic E-state index is 0.0225. The van der Waals surface area contributed by atoms with E-state index in [4.69, 9.17) is 26.0 Å². The number of allylic oxidation sites excluding steroid dienone is 1. The van der Waals surface area contributed by atoms with Gasteiger partial charge in [0.2, 0.25) is 5.83 Å². The fraction of sp³-hybridized carbons (Fsp3) is 0.190. The molecule has 3 rings (SSSR count). The number of rotatable bonds is 7. The fourth-order valence-corrected chi connectivity index (χ4v) is 2.85. The summed E-state index contributed by atoms with van der Waals surface area (Å²) in [6.45, 7) is 1.75. The number of amides is 1. The van der Waals surface area contributed by atoms with E-state index in [-0.39, 0.29) is 24.0 Å². The van der Waals surface area contributed by atoms with Crippen molar-refractivity contribution in [3.05, 3.63) is 70.3 Å². The molecule has 0 aromatic heterocycles. The highest BCUT2D eigenvalue weighted by Gasteiger charge is 2.26. The Labute approximate surface area is 183 Å². The Bertz CT molecular complexity index is 1070. The zero-order valence-electron chi connectivity index (χ0n) is 17.1. The van der Waals surface area contributed by atoms with Crippen molar-refractivity contribution in [1.82, 2.24) is 10.4 Å². The molecule has 31 heavy (non-hydrogen) atoms. The van der Waals surface area contributed by atoms with Crippen molar-refractivity contribution in [2.24, 2.45) is 10.1 Å². The summed E-state index contributed by atoms with van der Waals surface area (Å²) in [5.74, 6) is -0.917. The standard InChI is InChI=1S/C21H20ClFN4O4/c1-13-15(22)8-6-10-17(13)31-27-12-25-11-16(23)21(27)30-18-9-5-4-7-14(18)19(26-29-3)20(28)24-2/h4-11H,12H2,1-3H3,(H,24,28). The molecular weight excluding hydrogens is 427 g/mol. The van der Waals surface area contributed by atoms with Crippen molar-refractivity contribution >= 4 is 29.4 Å². The highest BCUT2D eigenvalue weighted by atomic mass is 35.5. The van der Waals surface area contributed by atoms with Crippen LogP contribution >= 0.6 is 11.6 Å². The van der Waals surface area contributed by atoms with Gasteiger partial charge in [-0.1, -0.05) is 35.0 Å². The van der Waals surface area contributed by atoms with Crippen LogP contribution in [-0.4, -0.2) is 43.7 Å². The van der Waals surface area contributed by atoms with Crippen LogP contribution in [0.4, 0.5) is 4.39 Å². The zero-order valence-corrected chi connectivity index (χ0v) is 17.8. The fourth-order valence-electron chi connectivity index (χ4n) is 2.69. The first-order valence-electron chi connectivity index (χ1n) is 9.17. The van der Waals surface area contributed by atoms with Crippen LogP contribution in [-0.2, 0) is 9.63 Å². The molecule has 0 aliphatic carbocycles. The number of benzene rings is 2. The Morgan fingerprint density at radius 3 is 2.71 bits per heavy atom. The normalized spacial score (nSPS) is 13.8. The predicted octanol–water partition coefficient (Wildman–Crippen LogP) is 3.60. The number of carbonyl (C=O) groups excluding carboxylic acids is 1. The number of oxime groups is 1. The molecule has 1 heterocycles. The molecule has 8 nitrogen and oxygen atoms in total. The first kappa shape index (κ1) is 22.1. The second-order valence-corrected chi connectivity index (χ2v) is 6.65. The second-order valence-electron chi connectivity index (χ2n) is 6.24. The molecule has 0 bridgehead atoms. The number of hydrogen-bond acceptors (Lipinski definition) is 7. The first-order valence-corrected chi connectivity index (χ1v) is 9.54. The number of hydroxylamine groups is 2. The lowest BCUT2D eigenvalue weighted by Crippen LogP contribution is -2.34. The highest BCUT2D eigenvalue weighted by molar-refractivity contribution is 6.45. The minimum atomic E-state index is -0.758. The first-order chi connectivity index (χ1) is 15.0. The summed E-state index contributed by atoms with van der Waals surface area (Å²) < 4.78 is 20.5. The van der Waals surface area contributed by atoms with E-state index in [9.17, 15) is 9.18 Å². The summed E-state index contributed by atoms with van der Waals surface area (Å²) in [5, 5.41) is 7.91. The number of aliphatic imine (C=N–C) groups is 1. The van der Waals surface area contributed by atoms with E-state index in [2.05, 4.69) is 15.5 Å². The van der Waals surface area contributed by atoms with Crippen molar-refractivity contribution < 1.29 is 23.6 Å². The molecule has 1 aliphatic heterocycles. The summed E-state index contributed by atoms with van der Waals surface area (Å²) in [6, 6.07) is 11.7. The van der Waals surface area contributed by atoms with Crippen LogP contribution in [0.3, 0.4) is 0 Å². The van der Waals surface area contributed by atoms with Gasteiger partial charge in [-0.15, -0.1) is 0 Å². The molecule has 0 saturated carbocycles. The number of ether oxygens (including phenoxy) is 1. The van der Waals surface area contributed by atoms with Gasteiger partial charge >= 0.3 is 0 Å². The lowest BCUT2D eigenvalue weighted by molar-refractivity contribution is -0.114. The summed E-state index contributed by atoms with van der Waals surface area (Å²) in [7, 11) is 2.77. The lowest BCUT2D eigenvalue weighted by Gasteiger charge is -2.27. The summed E-state index contributed by atoms with van der Waals surface area (Å²) >= 11 is 6.15. The number of halogens is 2. The van der Waals surface area contributed by atoms with E-state index < -0.39 is 11.7 Å². The van der Waals surface area contributed by atoms with E-state index >= 15 is 0 Å². The number of nitrogens with zero attached hydrogens (tertiary/aromatic N) is 3. The van der Waals surface area contributed by atoms with E-state index in [1.807, 2.05) is 0 Å². The predicted molar refractivity (Wildman–Crippen MR) is 115 cm³/mol. The average Bonchev–Trinajstić information content (AvgIpc) is 2.77. The van der Waals surface area contributed by atoms with Gasteiger partial charge in [-0.2, -0.15) is 9.45 Å². The largest absolute Gasteiger partial charge is 0.435 e. The quantitative estimate of drug-likeness (QED) is 0.519. The van der Waals surface area contributed by atoms with Gasteiger partial charge in [0.25, 0.3) is 11.8 Å². The molecule has 162 valence electrons. The molecule has 1 amide bonds. The molecule has 2 aromatic carbocycles. The van der Waals surface area contributed by atoms with Gasteiger partial charge in [-0.25, -0.2) is 0 Å². The van der Waals surface area contributed by atoms with Crippen molar-refractivity contribution in [1.29, 1.82) is 0 Å². The molecule has 0 fully saturated rings. The lowest BCUT2D eigenvalue weighted by atomic mass is 10.1. The highest BCUT2D eigenvalue weighted by Crippen LogP contribution is 2.30. The Morgan fingerprint density at radius 2 is 1.97 bits per heavy atom. The molecule has 0 spiro atoms. The number of hydrogen-bond donors (Lipinski definition) is 1. The summed E-state index contributed by atoms with van der Waals surface area (Å²) in [4.78, 5) is 26.8. The van der Waals surface area contributed by atoms with E-state index in [1.54, 1.807) is 49.4 Å². The van der Waals surface area contributed by atoms with Crippen LogP contribution < -0.4 is 14.9 Å². The van der Waals surface area contributed by atoms with Crippen LogP contribution in [0.1, 0.15) is 11.1 Å². The van der Waals surface area contributed by atoms with Gasteiger partial charge < -0.3 is 19.7 Å². The summed E-state index contributed by atoms with van der Waals surface area (Å²) in [6.07, 6.45) is 1.03. The van der Waals surface area contributed by atoms with Crippen molar-refractivity contribution in [3.8, 4) is 11.5 Å². The van der Waals surface area contributed by atoms with Crippen LogP contribution in [0.15, 0.2) is 64.3 Å².